The Morgan fingerprint density at radius 1 is 0.897 bits per heavy atom. The second kappa shape index (κ2) is 23.7. The molecule has 5 heteroatoms. The standard InChI is InChI=1S/C59H61N3OS.2C2H6/c1-10-32-59(12-3,43(8)62-55(50-26-25-49(64-9)36-42(50)7)30-28-53-56(62)31-29-54(61-53)57-39(4)18-16-19-40(57)5)52-27-24-48(38-51(52)58-60-33-34-63-58)47-23-17-22-46(37-47)44(11-2)35-41(6)45-20-14-13-15-21-45;2*1-2/h11,13-14,16-20,22-31,33-38,43,56H,2,6,10,12,15,21,32H2,1,3-5,7-9H3;2*1-2H3/b44-35+;;. The summed E-state index contributed by atoms with van der Waals surface area (Å²) in [5.41, 5.74) is 18.1. The van der Waals surface area contributed by atoms with E-state index in [2.05, 4.69) is 193 Å². The molecule has 0 spiro atoms. The van der Waals surface area contributed by atoms with Crippen LogP contribution >= 0.6 is 11.8 Å². The number of aromatic nitrogens is 1. The van der Waals surface area contributed by atoms with Gasteiger partial charge in [0, 0.05) is 38.7 Å². The van der Waals surface area contributed by atoms with Crippen LogP contribution in [0.25, 0.3) is 33.9 Å². The third-order valence-corrected chi connectivity index (χ3v) is 14.4. The van der Waals surface area contributed by atoms with Crippen molar-refractivity contribution in [2.24, 2.45) is 4.99 Å². The van der Waals surface area contributed by atoms with Crippen LogP contribution in [0.5, 0.6) is 0 Å². The van der Waals surface area contributed by atoms with E-state index in [1.807, 2.05) is 33.8 Å². The lowest BCUT2D eigenvalue weighted by Crippen LogP contribution is -2.53. The first-order valence-corrected chi connectivity index (χ1v) is 26.1. The number of hydrogen-bond donors (Lipinski definition) is 0. The van der Waals surface area contributed by atoms with Crippen molar-refractivity contribution in [3.8, 4) is 22.6 Å². The van der Waals surface area contributed by atoms with E-state index >= 15 is 0 Å². The predicted molar refractivity (Wildman–Crippen MR) is 296 cm³/mol. The number of aliphatic imine (C=N–C) groups is 1. The van der Waals surface area contributed by atoms with Crippen molar-refractivity contribution in [2.45, 2.75) is 124 Å². The molecule has 8 rings (SSSR count). The molecule has 0 saturated carbocycles. The molecule has 1 aromatic heterocycles. The molecule has 3 heterocycles. The van der Waals surface area contributed by atoms with E-state index in [1.165, 1.54) is 49.5 Å². The summed E-state index contributed by atoms with van der Waals surface area (Å²) in [6.45, 7) is 30.4. The third-order valence-electron chi connectivity index (χ3n) is 13.7. The van der Waals surface area contributed by atoms with Crippen LogP contribution in [0, 0.1) is 20.8 Å². The van der Waals surface area contributed by atoms with Crippen molar-refractivity contribution < 1.29 is 4.42 Å². The Labute approximate surface area is 413 Å². The number of benzene rings is 4. The van der Waals surface area contributed by atoms with Gasteiger partial charge in [-0.05, 0) is 164 Å². The molecule has 4 aromatic carbocycles. The minimum Gasteiger partial charge on any atom is -0.445 e. The number of oxazole rings is 1. The van der Waals surface area contributed by atoms with Gasteiger partial charge in [0.2, 0.25) is 5.89 Å². The van der Waals surface area contributed by atoms with Gasteiger partial charge in [-0.2, -0.15) is 0 Å². The number of allylic oxidation sites excluding steroid dienone is 11. The number of nitrogens with zero attached hydrogens (tertiary/aromatic N) is 3. The van der Waals surface area contributed by atoms with Gasteiger partial charge in [0.05, 0.1) is 23.6 Å². The largest absolute Gasteiger partial charge is 0.445 e. The molecule has 4 nitrogen and oxygen atoms in total. The fourth-order valence-electron chi connectivity index (χ4n) is 10.3. The van der Waals surface area contributed by atoms with Crippen molar-refractivity contribution in [3.63, 3.8) is 0 Å². The SMILES string of the molecule is C=C/C(=C\C(=C)C1=CC=CCC1)c1cccc(-c2ccc(C(CC)(CCC)C(C)N3C(c4ccc(SC)cc4C)=CC=C4N=C(c5c(C)cccc5C)C=CC43)c(-c3ncco3)c2)c1.CC.CC. The molecule has 3 aliphatic rings. The summed E-state index contributed by atoms with van der Waals surface area (Å²) in [6.07, 6.45) is 30.3. The summed E-state index contributed by atoms with van der Waals surface area (Å²) in [5.74, 6) is 0.630. The van der Waals surface area contributed by atoms with Crippen LogP contribution in [-0.2, 0) is 5.41 Å². The molecule has 3 atom stereocenters. The first-order chi connectivity index (χ1) is 33.1. The van der Waals surface area contributed by atoms with Gasteiger partial charge >= 0.3 is 0 Å². The highest BCUT2D eigenvalue weighted by molar-refractivity contribution is 7.98. The summed E-state index contributed by atoms with van der Waals surface area (Å²) in [5, 5.41) is 0. The maximum Gasteiger partial charge on any atom is 0.226 e. The predicted octanol–water partition coefficient (Wildman–Crippen LogP) is 17.6. The van der Waals surface area contributed by atoms with E-state index in [-0.39, 0.29) is 17.5 Å². The highest BCUT2D eigenvalue weighted by Crippen LogP contribution is 2.49. The lowest BCUT2D eigenvalue weighted by atomic mass is 9.66. The first kappa shape index (κ1) is 51.2. The van der Waals surface area contributed by atoms with Gasteiger partial charge in [0.15, 0.2) is 0 Å². The third kappa shape index (κ3) is 10.6. The second-order valence-corrected chi connectivity index (χ2v) is 18.3. The Morgan fingerprint density at radius 2 is 1.65 bits per heavy atom. The lowest BCUT2D eigenvalue weighted by molar-refractivity contribution is 0.160. The molecule has 0 fully saturated rings. The Hall–Kier alpha value is -6.17. The first-order valence-electron chi connectivity index (χ1n) is 24.8. The van der Waals surface area contributed by atoms with Gasteiger partial charge in [-0.25, -0.2) is 4.98 Å². The van der Waals surface area contributed by atoms with E-state index in [0.717, 1.165) is 76.9 Å². The number of aryl methyl sites for hydroxylation is 3. The van der Waals surface area contributed by atoms with Gasteiger partial charge < -0.3 is 9.32 Å². The van der Waals surface area contributed by atoms with Gasteiger partial charge in [-0.1, -0.05) is 146 Å². The molecule has 352 valence electrons. The van der Waals surface area contributed by atoms with E-state index in [0.29, 0.717) is 5.89 Å². The minimum absolute atomic E-state index is 0.0321. The highest BCUT2D eigenvalue weighted by atomic mass is 32.2. The van der Waals surface area contributed by atoms with Gasteiger partial charge in [-0.15, -0.1) is 11.8 Å². The molecular formula is C63H73N3OS. The van der Waals surface area contributed by atoms with Gasteiger partial charge in [-0.3, -0.25) is 4.99 Å². The van der Waals surface area contributed by atoms with E-state index < -0.39 is 0 Å². The number of rotatable bonds is 15. The molecule has 2 aliphatic heterocycles. The average Bonchev–Trinajstić information content (AvgIpc) is 3.93. The van der Waals surface area contributed by atoms with Crippen LogP contribution in [0.3, 0.4) is 0 Å². The monoisotopic (exact) mass is 920 g/mol. The number of fused-ring (bicyclic) bond motifs is 1. The highest BCUT2D eigenvalue weighted by Gasteiger charge is 2.45. The van der Waals surface area contributed by atoms with Crippen LogP contribution in [0.1, 0.15) is 120 Å². The molecule has 0 bridgehead atoms. The zero-order chi connectivity index (χ0) is 49.0. The summed E-state index contributed by atoms with van der Waals surface area (Å²) in [7, 11) is 0. The maximum absolute atomic E-state index is 6.24. The fraction of sp³-hybridized carbons (Fsp3) is 0.302. The molecule has 68 heavy (non-hydrogen) atoms. The normalized spacial score (nSPS) is 16.6. The van der Waals surface area contributed by atoms with Crippen molar-refractivity contribution >= 4 is 28.7 Å². The topological polar surface area (TPSA) is 41.6 Å². The molecule has 1 aliphatic carbocycles. The van der Waals surface area contributed by atoms with Crippen LogP contribution in [-0.4, -0.2) is 33.9 Å². The van der Waals surface area contributed by atoms with Crippen LogP contribution in [0.4, 0.5) is 0 Å². The van der Waals surface area contributed by atoms with Crippen LogP contribution in [0.15, 0.2) is 190 Å². The van der Waals surface area contributed by atoms with Crippen molar-refractivity contribution in [1.82, 2.24) is 9.88 Å². The smallest absolute Gasteiger partial charge is 0.226 e. The molecule has 0 radical (unpaired) electrons. The van der Waals surface area contributed by atoms with E-state index in [4.69, 9.17) is 14.4 Å². The van der Waals surface area contributed by atoms with Crippen LogP contribution < -0.4 is 0 Å². The minimum atomic E-state index is -0.305. The Kier molecular flexibility index (Phi) is 17.9. The van der Waals surface area contributed by atoms with Crippen molar-refractivity contribution in [2.75, 3.05) is 6.26 Å². The zero-order valence-corrected chi connectivity index (χ0v) is 43.4. The molecular weight excluding hydrogens is 847 g/mol. The number of thioether (sulfide) groups is 1. The number of hydrogen-bond acceptors (Lipinski definition) is 5. The fourth-order valence-corrected chi connectivity index (χ4v) is 10.8. The molecule has 3 unspecified atom stereocenters. The Bertz CT molecular complexity index is 2790. The summed E-state index contributed by atoms with van der Waals surface area (Å²) in [6, 6.07) is 29.1. The molecule has 0 saturated heterocycles. The second-order valence-electron chi connectivity index (χ2n) is 17.4. The quantitative estimate of drug-likeness (QED) is 0.0775. The average molecular weight is 920 g/mol. The van der Waals surface area contributed by atoms with Crippen LogP contribution in [0.2, 0.25) is 0 Å². The molecule has 5 aromatic rings. The van der Waals surface area contributed by atoms with Crippen molar-refractivity contribution in [1.29, 1.82) is 0 Å². The maximum atomic E-state index is 6.24. The van der Waals surface area contributed by atoms with E-state index in [9.17, 15) is 0 Å². The number of dihydropyridines is 1. The summed E-state index contributed by atoms with van der Waals surface area (Å²) < 4.78 is 6.24. The van der Waals surface area contributed by atoms with Gasteiger partial charge in [0.25, 0.3) is 0 Å². The molecule has 0 amide bonds. The Morgan fingerprint density at radius 3 is 2.29 bits per heavy atom. The Balaban J connectivity index is 0.00000185. The van der Waals surface area contributed by atoms with Crippen molar-refractivity contribution in [3.05, 3.63) is 215 Å². The lowest BCUT2D eigenvalue weighted by Gasteiger charge is -2.51. The van der Waals surface area contributed by atoms with Gasteiger partial charge in [0.1, 0.15) is 6.26 Å². The summed E-state index contributed by atoms with van der Waals surface area (Å²) >= 11 is 1.78. The zero-order valence-electron chi connectivity index (χ0n) is 42.6. The summed E-state index contributed by atoms with van der Waals surface area (Å²) in [4.78, 5) is 14.2. The van der Waals surface area contributed by atoms with E-state index in [1.54, 1.807) is 24.2 Å². The molecule has 0 N–H and O–H groups in total.